The second kappa shape index (κ2) is 10.2. The summed E-state index contributed by atoms with van der Waals surface area (Å²) in [5.41, 5.74) is 1.44. The molecule has 0 unspecified atom stereocenters. The van der Waals surface area contributed by atoms with Gasteiger partial charge in [-0.1, -0.05) is 13.8 Å². The highest BCUT2D eigenvalue weighted by Crippen LogP contribution is 2.52. The van der Waals surface area contributed by atoms with Crippen LogP contribution in [0.25, 0.3) is 0 Å². The number of carbonyl (C=O) groups excluding carboxylic acids is 3. The van der Waals surface area contributed by atoms with Gasteiger partial charge in [0.1, 0.15) is 28.7 Å². The van der Waals surface area contributed by atoms with Crippen LogP contribution in [0.1, 0.15) is 54.6 Å². The Morgan fingerprint density at radius 1 is 1.20 bits per heavy atom. The van der Waals surface area contributed by atoms with Gasteiger partial charge in [-0.15, -0.1) is 0 Å². The van der Waals surface area contributed by atoms with Gasteiger partial charge >= 0.3 is 0 Å². The van der Waals surface area contributed by atoms with Crippen molar-refractivity contribution in [1.29, 1.82) is 0 Å². The fourth-order valence-corrected chi connectivity index (χ4v) is 7.49. The molecule has 1 saturated heterocycles. The first-order chi connectivity index (χ1) is 19.2. The number of carbonyl (C=O) groups is 3. The number of likely N-dealkylation sites (tertiary alicyclic amines) is 1. The highest BCUT2D eigenvalue weighted by molar-refractivity contribution is 6.24. The number of phenolic OH excluding ortho intramolecular Hbond substituents is 1. The maximum absolute atomic E-state index is 16.0. The average molecular weight is 572 g/mol. The minimum atomic E-state index is -2.72. The highest BCUT2D eigenvalue weighted by atomic mass is 19.1. The number of nitrogens with zero attached hydrogens (tertiary/aromatic N) is 2. The van der Waals surface area contributed by atoms with Crippen molar-refractivity contribution >= 4 is 17.5 Å². The van der Waals surface area contributed by atoms with Crippen molar-refractivity contribution in [2.24, 2.45) is 29.4 Å². The zero-order valence-corrected chi connectivity index (χ0v) is 23.8. The lowest BCUT2D eigenvalue weighted by atomic mass is 9.58. The summed E-state index contributed by atoms with van der Waals surface area (Å²) in [5, 5.41) is 44.8. The number of ketones is 2. The molecule has 1 aliphatic heterocycles. The van der Waals surface area contributed by atoms with Gasteiger partial charge < -0.3 is 26.2 Å². The number of aliphatic hydroxyl groups excluding tert-OH is 2. The summed E-state index contributed by atoms with van der Waals surface area (Å²) in [6.45, 7) is 6.27. The van der Waals surface area contributed by atoms with E-state index in [-0.39, 0.29) is 41.6 Å². The average Bonchev–Trinajstić information content (AvgIpc) is 2.89. The third-order valence-electron chi connectivity index (χ3n) is 9.70. The number of fused-ring (bicyclic) bond motifs is 3. The number of likely N-dealkylation sites (N-methyl/N-ethyl adjacent to an activating group) is 1. The van der Waals surface area contributed by atoms with Crippen molar-refractivity contribution in [3.8, 4) is 5.75 Å². The number of aromatic hydroxyl groups is 1. The molecule has 1 heterocycles. The molecule has 0 bridgehead atoms. The zero-order chi connectivity index (χ0) is 30.1. The van der Waals surface area contributed by atoms with E-state index in [4.69, 9.17) is 5.73 Å². The van der Waals surface area contributed by atoms with Crippen LogP contribution in [0.5, 0.6) is 5.75 Å². The van der Waals surface area contributed by atoms with Crippen molar-refractivity contribution in [2.45, 2.75) is 57.7 Å². The van der Waals surface area contributed by atoms with Gasteiger partial charge in [-0.05, 0) is 76.7 Å². The predicted octanol–water partition coefficient (Wildman–Crippen LogP) is 2.13. The fourth-order valence-electron chi connectivity index (χ4n) is 7.49. The molecule has 1 aromatic rings. The van der Waals surface area contributed by atoms with Crippen LogP contribution in [-0.4, -0.2) is 86.5 Å². The van der Waals surface area contributed by atoms with Gasteiger partial charge in [-0.3, -0.25) is 24.2 Å². The Hall–Kier alpha value is -3.28. The van der Waals surface area contributed by atoms with Crippen LogP contribution in [0.3, 0.4) is 0 Å². The molecule has 222 valence electrons. The Labute approximate surface area is 237 Å². The zero-order valence-electron chi connectivity index (χ0n) is 23.8. The van der Waals surface area contributed by atoms with Gasteiger partial charge in [-0.25, -0.2) is 4.39 Å². The summed E-state index contributed by atoms with van der Waals surface area (Å²) >= 11 is 0. The number of Topliss-reactive ketones (excluding diaryl/α,β-unsaturated/α-hetero) is 2. The maximum atomic E-state index is 16.0. The second-order valence-electron chi connectivity index (χ2n) is 12.5. The molecule has 41 heavy (non-hydrogen) atoms. The van der Waals surface area contributed by atoms with Gasteiger partial charge in [0.05, 0.1) is 11.6 Å². The van der Waals surface area contributed by atoms with E-state index in [0.717, 1.165) is 25.9 Å². The number of amides is 1. The Balaban J connectivity index is 1.55. The number of phenols is 1. The quantitative estimate of drug-likeness (QED) is 0.333. The largest absolute Gasteiger partial charge is 0.510 e. The van der Waals surface area contributed by atoms with E-state index >= 15 is 4.39 Å². The molecule has 11 heteroatoms. The van der Waals surface area contributed by atoms with E-state index in [0.29, 0.717) is 11.8 Å². The van der Waals surface area contributed by atoms with Crippen LogP contribution >= 0.6 is 0 Å². The molecule has 1 fully saturated rings. The van der Waals surface area contributed by atoms with Gasteiger partial charge in [0, 0.05) is 29.2 Å². The van der Waals surface area contributed by atoms with E-state index in [2.05, 4.69) is 18.7 Å². The van der Waals surface area contributed by atoms with Crippen molar-refractivity contribution in [2.75, 3.05) is 27.2 Å². The second-order valence-corrected chi connectivity index (χ2v) is 12.5. The summed E-state index contributed by atoms with van der Waals surface area (Å²) in [7, 11) is 3.11. The van der Waals surface area contributed by atoms with Crippen molar-refractivity contribution < 1.29 is 39.2 Å². The van der Waals surface area contributed by atoms with Gasteiger partial charge in [0.15, 0.2) is 11.4 Å². The maximum Gasteiger partial charge on any atom is 0.255 e. The molecule has 1 amide bonds. The molecule has 3 aliphatic carbocycles. The normalized spacial score (nSPS) is 29.2. The standard InChI is InChI=1S/C30H38FN3O7/c1-13(2)14-5-7-34(8-6-14)12-16-11-19(35)21-17(23(16)31)9-15-10-18-24(33(3)4)26(37)22(29(32)40)28(39)30(18,41)27(38)20(15)25(21)36/h11,13-15,18,24,35,37-38,41H,5-10,12H2,1-4H3,(H2,32,40)/t15-,18-,24-,30-/m0/s1. The SMILES string of the molecule is CC(C)C1CCN(Cc2cc(O)c3c(c2F)C[C@H]2C[C@H]4[C@H](N(C)C)C(O)=C(C(N)=O)C(=O)[C@@]4(O)C(O)=C2C3=O)CC1. The Kier molecular flexibility index (Phi) is 7.28. The molecule has 1 aromatic carbocycles. The number of piperidine rings is 1. The van der Waals surface area contributed by atoms with Crippen LogP contribution in [-0.2, 0) is 22.6 Å². The Bertz CT molecular complexity index is 1390. The third-order valence-corrected chi connectivity index (χ3v) is 9.70. The number of halogens is 1. The van der Waals surface area contributed by atoms with E-state index in [1.807, 2.05) is 0 Å². The van der Waals surface area contributed by atoms with E-state index in [1.54, 1.807) is 14.1 Å². The lowest BCUT2D eigenvalue weighted by Crippen LogP contribution is -2.63. The fraction of sp³-hybridized carbons (Fsp3) is 0.567. The van der Waals surface area contributed by atoms with Gasteiger partial charge in [0.25, 0.3) is 5.91 Å². The number of primary amides is 1. The van der Waals surface area contributed by atoms with E-state index in [9.17, 15) is 34.8 Å². The smallest absolute Gasteiger partial charge is 0.255 e. The Morgan fingerprint density at radius 2 is 1.83 bits per heavy atom. The monoisotopic (exact) mass is 571 g/mol. The van der Waals surface area contributed by atoms with Crippen molar-refractivity contribution in [1.82, 2.24) is 9.80 Å². The molecule has 0 aromatic heterocycles. The summed E-state index contributed by atoms with van der Waals surface area (Å²) in [6, 6.07) is 0.136. The number of benzene rings is 1. The topological polar surface area (TPSA) is 165 Å². The first-order valence-electron chi connectivity index (χ1n) is 14.1. The summed E-state index contributed by atoms with van der Waals surface area (Å²) < 4.78 is 16.0. The van der Waals surface area contributed by atoms with E-state index in [1.165, 1.54) is 11.0 Å². The van der Waals surface area contributed by atoms with Crippen LogP contribution < -0.4 is 5.73 Å². The lowest BCUT2D eigenvalue weighted by Gasteiger charge is -2.50. The number of aliphatic hydroxyl groups is 3. The van der Waals surface area contributed by atoms with Crippen molar-refractivity contribution in [3.05, 3.63) is 51.2 Å². The number of hydrogen-bond donors (Lipinski definition) is 5. The first-order valence-corrected chi connectivity index (χ1v) is 14.1. The first kappa shape index (κ1) is 29.2. The van der Waals surface area contributed by atoms with Crippen LogP contribution in [0.4, 0.5) is 4.39 Å². The number of allylic oxidation sites excluding steroid dienone is 1. The lowest BCUT2D eigenvalue weighted by molar-refractivity contribution is -0.148. The molecule has 4 atom stereocenters. The number of hydrogen-bond acceptors (Lipinski definition) is 9. The molecular weight excluding hydrogens is 533 g/mol. The van der Waals surface area contributed by atoms with Gasteiger partial charge in [-0.2, -0.15) is 0 Å². The molecular formula is C30H38FN3O7. The molecule has 10 nitrogen and oxygen atoms in total. The third kappa shape index (κ3) is 4.36. The molecule has 5 rings (SSSR count). The summed E-state index contributed by atoms with van der Waals surface area (Å²) in [5.74, 6) is -6.92. The molecule has 6 N–H and O–H groups in total. The Morgan fingerprint density at radius 3 is 2.39 bits per heavy atom. The minimum Gasteiger partial charge on any atom is -0.510 e. The van der Waals surface area contributed by atoms with Crippen LogP contribution in [0.2, 0.25) is 0 Å². The highest BCUT2D eigenvalue weighted by Gasteiger charge is 2.63. The molecule has 0 saturated carbocycles. The predicted molar refractivity (Wildman–Crippen MR) is 146 cm³/mol. The summed E-state index contributed by atoms with van der Waals surface area (Å²) in [6.07, 6.45) is 1.84. The minimum absolute atomic E-state index is 0.0233. The number of rotatable bonds is 5. The van der Waals surface area contributed by atoms with Crippen molar-refractivity contribution in [3.63, 3.8) is 0 Å². The van der Waals surface area contributed by atoms with Gasteiger partial charge in [0.2, 0.25) is 5.78 Å². The number of nitrogens with two attached hydrogens (primary N) is 1. The molecule has 0 radical (unpaired) electrons. The van der Waals surface area contributed by atoms with Crippen LogP contribution in [0, 0.1) is 29.5 Å². The summed E-state index contributed by atoms with van der Waals surface area (Å²) in [4.78, 5) is 42.8. The molecule has 0 spiro atoms. The molecule has 4 aliphatic rings. The van der Waals surface area contributed by atoms with E-state index < -0.39 is 69.6 Å². The van der Waals surface area contributed by atoms with Crippen LogP contribution in [0.15, 0.2) is 28.7 Å².